The van der Waals surface area contributed by atoms with Crippen LogP contribution in [-0.4, -0.2) is 35.2 Å². The van der Waals surface area contributed by atoms with Crippen LogP contribution in [0.5, 0.6) is 0 Å². The van der Waals surface area contributed by atoms with Gasteiger partial charge in [0.05, 0.1) is 11.7 Å². The van der Waals surface area contributed by atoms with Crippen LogP contribution in [-0.2, 0) is 4.74 Å². The predicted molar refractivity (Wildman–Crippen MR) is 109 cm³/mol. The monoisotopic (exact) mass is 392 g/mol. The Kier molecular flexibility index (Phi) is 4.82. The number of piperidine rings is 1. The predicted octanol–water partition coefficient (Wildman–Crippen LogP) is 5.16. The lowest BCUT2D eigenvalue weighted by Crippen LogP contribution is -2.52. The van der Waals surface area contributed by atoms with Crippen molar-refractivity contribution in [3.63, 3.8) is 0 Å². The minimum Gasteiger partial charge on any atom is -0.447 e. The molecule has 1 saturated carbocycles. The first-order valence-corrected chi connectivity index (χ1v) is 10.5. The highest BCUT2D eigenvalue weighted by Gasteiger charge is 2.48. The molecule has 1 amide bonds. The van der Waals surface area contributed by atoms with Gasteiger partial charge in [-0.1, -0.05) is 37.1 Å². The van der Waals surface area contributed by atoms with Crippen LogP contribution in [0.1, 0.15) is 31.4 Å². The first-order chi connectivity index (χ1) is 14.2. The fourth-order valence-electron chi connectivity index (χ4n) is 5.32. The van der Waals surface area contributed by atoms with Gasteiger partial charge in [0.2, 0.25) is 0 Å². The fourth-order valence-corrected chi connectivity index (χ4v) is 5.32. The lowest BCUT2D eigenvalue weighted by atomic mass is 9.67. The Hall–Kier alpha value is -2.69. The van der Waals surface area contributed by atoms with E-state index in [1.165, 1.54) is 37.8 Å². The molecule has 2 saturated heterocycles. The number of halogens is 1. The maximum Gasteiger partial charge on any atom is 0.410 e. The molecule has 29 heavy (non-hydrogen) atoms. The van der Waals surface area contributed by atoms with Crippen molar-refractivity contribution in [2.45, 2.75) is 31.7 Å². The van der Waals surface area contributed by atoms with Crippen LogP contribution < -0.4 is 0 Å². The van der Waals surface area contributed by atoms with Gasteiger partial charge in [0.15, 0.2) is 0 Å². The van der Waals surface area contributed by atoms with Gasteiger partial charge in [-0.2, -0.15) is 0 Å². The molecule has 150 valence electrons. The molecule has 1 aromatic heterocycles. The third kappa shape index (κ3) is 3.54. The van der Waals surface area contributed by atoms with Crippen LogP contribution in [0.3, 0.4) is 0 Å². The quantitative estimate of drug-likeness (QED) is 0.725. The second kappa shape index (κ2) is 7.62. The summed E-state index contributed by atoms with van der Waals surface area (Å²) in [5.74, 6) is 1.25. The summed E-state index contributed by atoms with van der Waals surface area (Å²) in [7, 11) is 0. The lowest BCUT2D eigenvalue weighted by Gasteiger charge is -2.46. The van der Waals surface area contributed by atoms with Gasteiger partial charge in [-0.3, -0.25) is 4.98 Å². The Balaban J connectivity index is 1.37. The van der Waals surface area contributed by atoms with E-state index in [1.807, 2.05) is 23.1 Å². The number of carbonyl (C=O) groups excluding carboxylic acids is 1. The molecule has 3 fully saturated rings. The molecule has 4 atom stereocenters. The topological polar surface area (TPSA) is 42.4 Å². The molecular formula is C24H25FN2O2. The van der Waals surface area contributed by atoms with E-state index >= 15 is 0 Å². The van der Waals surface area contributed by atoms with Crippen molar-refractivity contribution in [2.24, 2.45) is 17.8 Å². The second-order valence-corrected chi connectivity index (χ2v) is 8.42. The molecule has 0 radical (unpaired) electrons. The maximum absolute atomic E-state index is 13.5. The van der Waals surface area contributed by atoms with Gasteiger partial charge in [-0.05, 0) is 54.5 Å². The van der Waals surface area contributed by atoms with Gasteiger partial charge in [0.25, 0.3) is 0 Å². The van der Waals surface area contributed by atoms with Gasteiger partial charge in [-0.15, -0.1) is 0 Å². The average Bonchev–Trinajstić information content (AvgIpc) is 3.12. The normalized spacial score (nSPS) is 28.9. The molecule has 0 spiro atoms. The average molecular weight is 392 g/mol. The SMILES string of the molecule is O=C1OC[C@H]2C(C=Cc3ccc(-c4cccc(F)c4)cn3)C3CCCCC3CN12. The number of cyclic esters (lactones) is 1. The number of amides is 1. The second-order valence-electron chi connectivity index (χ2n) is 8.42. The molecule has 1 aliphatic carbocycles. The van der Waals surface area contributed by atoms with Gasteiger partial charge in [0.1, 0.15) is 12.4 Å². The summed E-state index contributed by atoms with van der Waals surface area (Å²) in [6, 6.07) is 10.6. The molecule has 2 aliphatic heterocycles. The van der Waals surface area contributed by atoms with Crippen LogP contribution in [0, 0.1) is 23.6 Å². The van der Waals surface area contributed by atoms with E-state index in [0.29, 0.717) is 24.4 Å². The van der Waals surface area contributed by atoms with Gasteiger partial charge in [0, 0.05) is 24.2 Å². The molecule has 3 heterocycles. The van der Waals surface area contributed by atoms with Crippen LogP contribution in [0.15, 0.2) is 48.7 Å². The molecule has 0 bridgehead atoms. The molecule has 0 N–H and O–H groups in total. The summed E-state index contributed by atoms with van der Waals surface area (Å²) in [5, 5.41) is 0. The molecular weight excluding hydrogens is 367 g/mol. The van der Waals surface area contributed by atoms with Crippen LogP contribution in [0.25, 0.3) is 17.2 Å². The van der Waals surface area contributed by atoms with E-state index in [-0.39, 0.29) is 18.0 Å². The maximum atomic E-state index is 13.5. The summed E-state index contributed by atoms with van der Waals surface area (Å²) >= 11 is 0. The summed E-state index contributed by atoms with van der Waals surface area (Å²) in [5.41, 5.74) is 2.59. The zero-order valence-corrected chi connectivity index (χ0v) is 16.3. The zero-order chi connectivity index (χ0) is 19.8. The Morgan fingerprint density at radius 2 is 2.03 bits per heavy atom. The van der Waals surface area contributed by atoms with Crippen molar-refractivity contribution in [3.05, 3.63) is 60.2 Å². The number of hydrogen-bond donors (Lipinski definition) is 0. The van der Waals surface area contributed by atoms with Crippen LogP contribution in [0.4, 0.5) is 9.18 Å². The van der Waals surface area contributed by atoms with E-state index in [1.54, 1.807) is 12.3 Å². The number of aromatic nitrogens is 1. The Labute approximate surface area is 170 Å². The minimum absolute atomic E-state index is 0.143. The summed E-state index contributed by atoms with van der Waals surface area (Å²) in [4.78, 5) is 18.6. The minimum atomic E-state index is -0.247. The van der Waals surface area contributed by atoms with Crippen molar-refractivity contribution in [3.8, 4) is 11.1 Å². The van der Waals surface area contributed by atoms with E-state index in [9.17, 15) is 9.18 Å². The van der Waals surface area contributed by atoms with E-state index in [0.717, 1.165) is 23.4 Å². The van der Waals surface area contributed by atoms with Crippen molar-refractivity contribution < 1.29 is 13.9 Å². The van der Waals surface area contributed by atoms with Crippen LogP contribution in [0.2, 0.25) is 0 Å². The molecule has 1 aromatic carbocycles. The number of rotatable bonds is 3. The van der Waals surface area contributed by atoms with Crippen molar-refractivity contribution in [1.82, 2.24) is 9.88 Å². The number of benzene rings is 1. The first-order valence-electron chi connectivity index (χ1n) is 10.5. The van der Waals surface area contributed by atoms with E-state index in [2.05, 4.69) is 17.1 Å². The van der Waals surface area contributed by atoms with Crippen molar-refractivity contribution in [1.29, 1.82) is 0 Å². The molecule has 3 aliphatic rings. The first kappa shape index (κ1) is 18.3. The number of fused-ring (bicyclic) bond motifs is 2. The van der Waals surface area contributed by atoms with Crippen molar-refractivity contribution in [2.75, 3.05) is 13.2 Å². The smallest absolute Gasteiger partial charge is 0.410 e. The lowest BCUT2D eigenvalue weighted by molar-refractivity contribution is 0.0472. The standard InChI is InChI=1S/C24H25FN2O2/c25-19-6-3-5-16(12-19)17-8-9-20(26-13-17)10-11-22-21-7-2-1-4-18(21)14-27-23(22)15-29-24(27)28/h3,5-6,8-13,18,21-23H,1-2,4,7,14-15H2/t18?,21?,22?,23-/m0/s1. The molecule has 2 aromatic rings. The van der Waals surface area contributed by atoms with Gasteiger partial charge >= 0.3 is 6.09 Å². The third-order valence-corrected chi connectivity index (χ3v) is 6.78. The summed E-state index contributed by atoms with van der Waals surface area (Å²) < 4.78 is 18.8. The van der Waals surface area contributed by atoms with Gasteiger partial charge < -0.3 is 9.64 Å². The Morgan fingerprint density at radius 3 is 2.86 bits per heavy atom. The summed E-state index contributed by atoms with van der Waals surface area (Å²) in [6.45, 7) is 1.34. The largest absolute Gasteiger partial charge is 0.447 e. The number of ether oxygens (including phenoxy) is 1. The zero-order valence-electron chi connectivity index (χ0n) is 16.3. The highest BCUT2D eigenvalue weighted by atomic mass is 19.1. The highest BCUT2D eigenvalue weighted by molar-refractivity contribution is 5.70. The van der Waals surface area contributed by atoms with E-state index < -0.39 is 0 Å². The summed E-state index contributed by atoms with van der Waals surface area (Å²) in [6.07, 6.45) is 10.9. The fraction of sp³-hybridized carbons (Fsp3) is 0.417. The number of nitrogens with zero attached hydrogens (tertiary/aromatic N) is 2. The van der Waals surface area contributed by atoms with E-state index in [4.69, 9.17) is 4.74 Å². The van der Waals surface area contributed by atoms with Crippen molar-refractivity contribution >= 4 is 12.2 Å². The third-order valence-electron chi connectivity index (χ3n) is 6.78. The molecule has 5 rings (SSSR count). The molecule has 4 nitrogen and oxygen atoms in total. The van der Waals surface area contributed by atoms with Crippen LogP contribution >= 0.6 is 0 Å². The number of carbonyl (C=O) groups is 1. The Bertz CT molecular complexity index is 927. The van der Waals surface area contributed by atoms with Gasteiger partial charge in [-0.25, -0.2) is 9.18 Å². The highest BCUT2D eigenvalue weighted by Crippen LogP contribution is 2.44. The molecule has 3 unspecified atom stereocenters. The molecule has 5 heteroatoms. The Morgan fingerprint density at radius 1 is 1.14 bits per heavy atom. The number of hydrogen-bond acceptors (Lipinski definition) is 3. The number of pyridine rings is 1.